The van der Waals surface area contributed by atoms with E-state index in [-0.39, 0.29) is 24.2 Å². The molecule has 0 aliphatic rings. The first-order valence-electron chi connectivity index (χ1n) is 13.2. The number of nitrogens with one attached hydrogen (secondary N) is 4. The van der Waals surface area contributed by atoms with E-state index in [1.54, 1.807) is 20.0 Å². The van der Waals surface area contributed by atoms with Crippen molar-refractivity contribution in [2.75, 3.05) is 0 Å². The molecule has 0 bridgehead atoms. The fraction of sp³-hybridized carbons (Fsp3) is 0.571. The lowest BCUT2D eigenvalue weighted by Crippen LogP contribution is -2.58. The van der Waals surface area contributed by atoms with Gasteiger partial charge in [0.25, 0.3) is 0 Å². The van der Waals surface area contributed by atoms with Gasteiger partial charge in [0.1, 0.15) is 18.1 Å². The van der Waals surface area contributed by atoms with Crippen molar-refractivity contribution in [3.8, 4) is 0 Å². The summed E-state index contributed by atoms with van der Waals surface area (Å²) in [4.78, 5) is 54.2. The van der Waals surface area contributed by atoms with Crippen molar-refractivity contribution in [3.63, 3.8) is 0 Å². The molecule has 10 nitrogen and oxygen atoms in total. The summed E-state index contributed by atoms with van der Waals surface area (Å²) in [5, 5.41) is 18.8. The second-order valence-corrected chi connectivity index (χ2v) is 11.1. The molecule has 0 saturated carbocycles. The highest BCUT2D eigenvalue weighted by atomic mass is 16.4. The molecule has 38 heavy (non-hydrogen) atoms. The second kappa shape index (κ2) is 13.9. The smallest absolute Gasteiger partial charge is 0.326 e. The van der Waals surface area contributed by atoms with E-state index < -0.39 is 47.9 Å². The minimum absolute atomic E-state index is 0.0366. The number of carbonyl (C=O) groups is 4. The number of para-hydroxylation sites is 1. The van der Waals surface area contributed by atoms with Crippen LogP contribution in [0.3, 0.4) is 0 Å². The summed E-state index contributed by atoms with van der Waals surface area (Å²) in [7, 11) is 0. The van der Waals surface area contributed by atoms with Crippen LogP contribution < -0.4 is 21.7 Å². The first kappa shape index (κ1) is 30.8. The van der Waals surface area contributed by atoms with Crippen molar-refractivity contribution in [2.24, 2.45) is 23.5 Å². The summed E-state index contributed by atoms with van der Waals surface area (Å²) >= 11 is 0. The zero-order valence-electron chi connectivity index (χ0n) is 23.2. The van der Waals surface area contributed by atoms with Crippen LogP contribution in [0.4, 0.5) is 0 Å². The molecule has 4 atom stereocenters. The molecule has 210 valence electrons. The number of aliphatic carboxylic acids is 1. The third kappa shape index (κ3) is 8.86. The minimum Gasteiger partial charge on any atom is -0.480 e. The molecule has 0 fully saturated rings. The number of carboxylic acids is 1. The molecule has 0 saturated heterocycles. The number of amides is 3. The molecular weight excluding hydrogens is 486 g/mol. The molecule has 0 aliphatic heterocycles. The quantitative estimate of drug-likeness (QED) is 0.220. The lowest BCUT2D eigenvalue weighted by molar-refractivity contribution is -0.142. The molecule has 10 heteroatoms. The topological polar surface area (TPSA) is 166 Å². The van der Waals surface area contributed by atoms with Crippen molar-refractivity contribution >= 4 is 34.6 Å². The van der Waals surface area contributed by atoms with Crippen molar-refractivity contribution in [3.05, 3.63) is 36.0 Å². The van der Waals surface area contributed by atoms with Crippen molar-refractivity contribution in [1.29, 1.82) is 0 Å². The average molecular weight is 530 g/mol. The number of aromatic amines is 1. The summed E-state index contributed by atoms with van der Waals surface area (Å²) in [5.74, 6) is -2.73. The highest BCUT2D eigenvalue weighted by Crippen LogP contribution is 2.19. The van der Waals surface area contributed by atoms with Gasteiger partial charge < -0.3 is 31.8 Å². The predicted molar refractivity (Wildman–Crippen MR) is 147 cm³/mol. The fourth-order valence-electron chi connectivity index (χ4n) is 4.37. The van der Waals surface area contributed by atoms with E-state index in [2.05, 4.69) is 20.9 Å². The van der Waals surface area contributed by atoms with Crippen LogP contribution in [0.1, 0.15) is 59.9 Å². The molecule has 1 aromatic carbocycles. The molecule has 2 aromatic rings. The van der Waals surface area contributed by atoms with Crippen LogP contribution in [-0.4, -0.2) is 57.9 Å². The Balaban J connectivity index is 2.16. The van der Waals surface area contributed by atoms with E-state index in [4.69, 9.17) is 5.73 Å². The number of hydrogen-bond acceptors (Lipinski definition) is 5. The Bertz CT molecular complexity index is 1110. The van der Waals surface area contributed by atoms with Gasteiger partial charge in [0.05, 0.1) is 6.04 Å². The Kier molecular flexibility index (Phi) is 11.3. The van der Waals surface area contributed by atoms with Crippen molar-refractivity contribution < 1.29 is 24.3 Å². The van der Waals surface area contributed by atoms with Crippen LogP contribution in [-0.2, 0) is 25.6 Å². The van der Waals surface area contributed by atoms with Crippen LogP contribution in [0, 0.1) is 17.8 Å². The third-order valence-electron chi connectivity index (χ3n) is 6.36. The van der Waals surface area contributed by atoms with Crippen LogP contribution >= 0.6 is 0 Å². The summed E-state index contributed by atoms with van der Waals surface area (Å²) in [6, 6.07) is 3.70. The van der Waals surface area contributed by atoms with E-state index >= 15 is 0 Å². The summed E-state index contributed by atoms with van der Waals surface area (Å²) in [6.45, 7) is 11.3. The van der Waals surface area contributed by atoms with Gasteiger partial charge in [-0.3, -0.25) is 14.4 Å². The SMILES string of the molecule is CC(C)CC(N)C(=O)NC(C(=O)NC(CC(C)C)C(=O)NC(Cc1c[nH]c2ccccc12)C(=O)O)C(C)C. The minimum atomic E-state index is -1.19. The largest absolute Gasteiger partial charge is 0.480 e. The van der Waals surface area contributed by atoms with E-state index in [0.29, 0.717) is 12.8 Å². The number of nitrogens with two attached hydrogens (primary N) is 1. The van der Waals surface area contributed by atoms with Crippen LogP contribution in [0.15, 0.2) is 30.5 Å². The number of aromatic nitrogens is 1. The lowest BCUT2D eigenvalue weighted by atomic mass is 9.98. The van der Waals surface area contributed by atoms with E-state index in [9.17, 15) is 24.3 Å². The van der Waals surface area contributed by atoms with Crippen LogP contribution in [0.2, 0.25) is 0 Å². The highest BCUT2D eigenvalue weighted by molar-refractivity contribution is 5.94. The number of carbonyl (C=O) groups excluding carboxylic acids is 3. The third-order valence-corrected chi connectivity index (χ3v) is 6.36. The maximum atomic E-state index is 13.3. The van der Waals surface area contributed by atoms with Gasteiger partial charge >= 0.3 is 5.97 Å². The molecule has 3 amide bonds. The van der Waals surface area contributed by atoms with Gasteiger partial charge in [0.2, 0.25) is 17.7 Å². The Morgan fingerprint density at radius 3 is 2.03 bits per heavy atom. The number of H-pyrrole nitrogens is 1. The predicted octanol–water partition coefficient (Wildman–Crippen LogP) is 2.32. The van der Waals surface area contributed by atoms with E-state index in [0.717, 1.165) is 16.5 Å². The molecule has 1 aromatic heterocycles. The Morgan fingerprint density at radius 1 is 0.842 bits per heavy atom. The maximum absolute atomic E-state index is 13.3. The Morgan fingerprint density at radius 2 is 1.45 bits per heavy atom. The van der Waals surface area contributed by atoms with Crippen LogP contribution in [0.25, 0.3) is 10.9 Å². The number of hydrogen-bond donors (Lipinski definition) is 6. The number of rotatable bonds is 14. The molecule has 0 spiro atoms. The fourth-order valence-corrected chi connectivity index (χ4v) is 4.37. The van der Waals surface area contributed by atoms with Crippen molar-refractivity contribution in [2.45, 2.75) is 85.0 Å². The van der Waals surface area contributed by atoms with Gasteiger partial charge in [-0.15, -0.1) is 0 Å². The summed E-state index contributed by atoms with van der Waals surface area (Å²) in [5.41, 5.74) is 7.62. The molecule has 0 aliphatic carbocycles. The van der Waals surface area contributed by atoms with Gasteiger partial charge in [0, 0.05) is 23.5 Å². The molecular formula is C28H43N5O5. The van der Waals surface area contributed by atoms with Gasteiger partial charge in [-0.05, 0) is 42.2 Å². The molecule has 1 heterocycles. The molecule has 2 rings (SSSR count). The Labute approximate surface area is 224 Å². The number of benzene rings is 1. The maximum Gasteiger partial charge on any atom is 0.326 e. The summed E-state index contributed by atoms with van der Waals surface area (Å²) in [6.07, 6.45) is 2.58. The zero-order valence-corrected chi connectivity index (χ0v) is 23.2. The van der Waals surface area contributed by atoms with E-state index in [1.807, 2.05) is 52.0 Å². The zero-order chi connectivity index (χ0) is 28.6. The summed E-state index contributed by atoms with van der Waals surface area (Å²) < 4.78 is 0. The second-order valence-electron chi connectivity index (χ2n) is 11.1. The van der Waals surface area contributed by atoms with Crippen LogP contribution in [0.5, 0.6) is 0 Å². The number of fused-ring (bicyclic) bond motifs is 1. The monoisotopic (exact) mass is 529 g/mol. The number of carboxylic acid groups (broad SMARTS) is 1. The van der Waals surface area contributed by atoms with Gasteiger partial charge in [-0.2, -0.15) is 0 Å². The molecule has 4 unspecified atom stereocenters. The Hall–Kier alpha value is -3.40. The standard InChI is InChI=1S/C28H43N5O5/c1-15(2)11-20(29)25(34)33-24(17(5)6)27(36)31-22(12-16(3)4)26(35)32-23(28(37)38)13-18-14-30-21-10-8-7-9-19(18)21/h7-10,14-17,20,22-24,30H,11-13,29H2,1-6H3,(H,31,36)(H,32,35)(H,33,34)(H,37,38). The lowest BCUT2D eigenvalue weighted by Gasteiger charge is -2.28. The van der Waals surface area contributed by atoms with E-state index in [1.165, 1.54) is 0 Å². The van der Waals surface area contributed by atoms with Gasteiger partial charge in [-0.25, -0.2) is 4.79 Å². The molecule has 7 N–H and O–H groups in total. The first-order chi connectivity index (χ1) is 17.8. The normalized spacial score (nSPS) is 14.8. The highest BCUT2D eigenvalue weighted by Gasteiger charge is 2.32. The molecule has 0 radical (unpaired) electrons. The van der Waals surface area contributed by atoms with Crippen molar-refractivity contribution in [1.82, 2.24) is 20.9 Å². The average Bonchev–Trinajstić information content (AvgIpc) is 3.23. The first-order valence-corrected chi connectivity index (χ1v) is 13.2. The van der Waals surface area contributed by atoms with Gasteiger partial charge in [0.15, 0.2) is 0 Å². The van der Waals surface area contributed by atoms with Gasteiger partial charge in [-0.1, -0.05) is 59.7 Å².